The summed E-state index contributed by atoms with van der Waals surface area (Å²) >= 11 is 6.27. The lowest BCUT2D eigenvalue weighted by atomic mass is 10.0. The number of benzene rings is 1. The van der Waals surface area contributed by atoms with Crippen LogP contribution in [0.2, 0.25) is 5.02 Å². The van der Waals surface area contributed by atoms with E-state index in [-0.39, 0.29) is 0 Å². The summed E-state index contributed by atoms with van der Waals surface area (Å²) < 4.78 is 11.1. The maximum absolute atomic E-state index is 6.27. The first-order chi connectivity index (χ1) is 11.7. The number of aryl methyl sites for hydroxylation is 1. The number of halogens is 1. The van der Waals surface area contributed by atoms with Crippen LogP contribution in [0, 0.1) is 0 Å². The zero-order valence-corrected chi connectivity index (χ0v) is 14.5. The zero-order valence-electron chi connectivity index (χ0n) is 13.7. The number of hydrogen-bond donors (Lipinski definition) is 0. The maximum atomic E-state index is 6.27. The Morgan fingerprint density at radius 3 is 3.08 bits per heavy atom. The quantitative estimate of drug-likeness (QED) is 0.855. The lowest BCUT2D eigenvalue weighted by Gasteiger charge is -2.29. The van der Waals surface area contributed by atoms with Crippen molar-refractivity contribution in [3.8, 4) is 5.75 Å². The normalized spacial score (nSPS) is 17.1. The summed E-state index contributed by atoms with van der Waals surface area (Å²) in [6, 6.07) is 3.92. The molecule has 4 rings (SSSR count). The first-order valence-electron chi connectivity index (χ1n) is 8.31. The second kappa shape index (κ2) is 6.67. The summed E-state index contributed by atoms with van der Waals surface area (Å²) in [7, 11) is 0. The fourth-order valence-electron chi connectivity index (χ4n) is 3.32. The largest absolute Gasteiger partial charge is 0.467 e. The molecule has 0 spiro atoms. The highest BCUT2D eigenvalue weighted by atomic mass is 35.5. The van der Waals surface area contributed by atoms with Crippen LogP contribution in [0.15, 0.2) is 18.3 Å². The minimum Gasteiger partial charge on any atom is -0.467 e. The Bertz CT molecular complexity index is 766. The van der Waals surface area contributed by atoms with E-state index < -0.39 is 0 Å². The van der Waals surface area contributed by atoms with Gasteiger partial charge in [0.15, 0.2) is 6.79 Å². The standard InChI is InChI=1S/C18H20ClN3O2/c1-2-17-20-7-12-3-4-22(9-16(12)21-17)8-13-5-15(19)6-14-10-23-11-24-18(13)14/h5-7H,2-4,8-11H2,1H3. The third-order valence-corrected chi connectivity index (χ3v) is 4.75. The second-order valence-electron chi connectivity index (χ2n) is 6.24. The van der Waals surface area contributed by atoms with Crippen molar-refractivity contribution in [3.63, 3.8) is 0 Å². The SMILES string of the molecule is CCc1ncc2c(n1)CN(Cc1cc(Cl)cc3c1OCOC3)CC2. The topological polar surface area (TPSA) is 47.5 Å². The molecule has 126 valence electrons. The lowest BCUT2D eigenvalue weighted by molar-refractivity contribution is -0.0175. The van der Waals surface area contributed by atoms with E-state index in [9.17, 15) is 0 Å². The average molecular weight is 346 g/mol. The number of aromatic nitrogens is 2. The summed E-state index contributed by atoms with van der Waals surface area (Å²) in [5.41, 5.74) is 4.56. The fraction of sp³-hybridized carbons (Fsp3) is 0.444. The van der Waals surface area contributed by atoms with Crippen LogP contribution >= 0.6 is 11.6 Å². The van der Waals surface area contributed by atoms with Crippen LogP contribution in [-0.2, 0) is 37.3 Å². The van der Waals surface area contributed by atoms with Gasteiger partial charge in [0.1, 0.15) is 11.6 Å². The molecular formula is C18H20ClN3O2. The molecule has 0 fully saturated rings. The van der Waals surface area contributed by atoms with Crippen molar-refractivity contribution < 1.29 is 9.47 Å². The molecule has 0 bridgehead atoms. The number of hydrogen-bond acceptors (Lipinski definition) is 5. The van der Waals surface area contributed by atoms with E-state index in [0.717, 1.165) is 65.9 Å². The highest BCUT2D eigenvalue weighted by Gasteiger charge is 2.22. The average Bonchev–Trinajstić information content (AvgIpc) is 2.61. The van der Waals surface area contributed by atoms with Crippen LogP contribution in [0.4, 0.5) is 0 Å². The van der Waals surface area contributed by atoms with Gasteiger partial charge in [-0.25, -0.2) is 9.97 Å². The summed E-state index contributed by atoms with van der Waals surface area (Å²) in [6.45, 7) is 5.56. The lowest BCUT2D eigenvalue weighted by Crippen LogP contribution is -2.31. The van der Waals surface area contributed by atoms with E-state index in [4.69, 9.17) is 26.1 Å². The maximum Gasteiger partial charge on any atom is 0.189 e. The number of ether oxygens (including phenoxy) is 2. The highest BCUT2D eigenvalue weighted by Crippen LogP contribution is 2.33. The van der Waals surface area contributed by atoms with E-state index in [0.29, 0.717) is 13.4 Å². The molecule has 5 nitrogen and oxygen atoms in total. The van der Waals surface area contributed by atoms with Gasteiger partial charge in [-0.1, -0.05) is 18.5 Å². The molecular weight excluding hydrogens is 326 g/mol. The number of rotatable bonds is 3. The molecule has 2 aromatic rings. The molecule has 0 N–H and O–H groups in total. The van der Waals surface area contributed by atoms with Crippen molar-refractivity contribution in [1.82, 2.24) is 14.9 Å². The van der Waals surface area contributed by atoms with Gasteiger partial charge in [0.2, 0.25) is 0 Å². The van der Waals surface area contributed by atoms with Crippen LogP contribution in [0.1, 0.15) is 35.1 Å². The number of nitrogens with zero attached hydrogens (tertiary/aromatic N) is 3. The van der Waals surface area contributed by atoms with E-state index >= 15 is 0 Å². The Hall–Kier alpha value is -1.69. The van der Waals surface area contributed by atoms with Gasteiger partial charge in [0, 0.05) is 48.4 Å². The molecule has 0 saturated heterocycles. The van der Waals surface area contributed by atoms with Gasteiger partial charge in [0.05, 0.1) is 12.3 Å². The van der Waals surface area contributed by atoms with Crippen LogP contribution in [0.5, 0.6) is 5.75 Å². The second-order valence-corrected chi connectivity index (χ2v) is 6.67. The van der Waals surface area contributed by atoms with Crippen LogP contribution < -0.4 is 4.74 Å². The highest BCUT2D eigenvalue weighted by molar-refractivity contribution is 6.30. The third-order valence-electron chi connectivity index (χ3n) is 4.54. The summed E-state index contributed by atoms with van der Waals surface area (Å²) in [5.74, 6) is 1.84. The van der Waals surface area contributed by atoms with Crippen LogP contribution in [-0.4, -0.2) is 28.2 Å². The van der Waals surface area contributed by atoms with Crippen molar-refractivity contribution in [2.45, 2.75) is 39.5 Å². The Balaban J connectivity index is 1.57. The predicted molar refractivity (Wildman–Crippen MR) is 91.0 cm³/mol. The Kier molecular flexibility index (Phi) is 4.39. The molecule has 6 heteroatoms. The van der Waals surface area contributed by atoms with Gasteiger partial charge in [-0.3, -0.25) is 4.90 Å². The summed E-state index contributed by atoms with van der Waals surface area (Å²) in [5, 5.41) is 0.728. The molecule has 3 heterocycles. The van der Waals surface area contributed by atoms with Crippen molar-refractivity contribution in [2.75, 3.05) is 13.3 Å². The van der Waals surface area contributed by atoms with Gasteiger partial charge in [-0.05, 0) is 24.1 Å². The van der Waals surface area contributed by atoms with Crippen molar-refractivity contribution in [3.05, 3.63) is 51.6 Å². The molecule has 1 aromatic heterocycles. The van der Waals surface area contributed by atoms with Crippen molar-refractivity contribution >= 4 is 11.6 Å². The molecule has 24 heavy (non-hydrogen) atoms. The van der Waals surface area contributed by atoms with E-state index in [2.05, 4.69) is 16.8 Å². The number of fused-ring (bicyclic) bond motifs is 2. The molecule has 0 unspecified atom stereocenters. The Morgan fingerprint density at radius 1 is 1.29 bits per heavy atom. The van der Waals surface area contributed by atoms with E-state index in [1.54, 1.807) is 0 Å². The van der Waals surface area contributed by atoms with Crippen molar-refractivity contribution in [2.24, 2.45) is 0 Å². The summed E-state index contributed by atoms with van der Waals surface area (Å²) in [4.78, 5) is 11.5. The molecule has 2 aliphatic heterocycles. The minimum absolute atomic E-state index is 0.303. The zero-order chi connectivity index (χ0) is 16.5. The molecule has 0 aliphatic carbocycles. The van der Waals surface area contributed by atoms with Gasteiger partial charge in [-0.15, -0.1) is 0 Å². The monoisotopic (exact) mass is 345 g/mol. The molecule has 1 aromatic carbocycles. The van der Waals surface area contributed by atoms with Crippen molar-refractivity contribution in [1.29, 1.82) is 0 Å². The van der Waals surface area contributed by atoms with Gasteiger partial charge >= 0.3 is 0 Å². The van der Waals surface area contributed by atoms with Gasteiger partial charge < -0.3 is 9.47 Å². The third kappa shape index (κ3) is 3.11. The predicted octanol–water partition coefficient (Wildman–Crippen LogP) is 3.12. The first kappa shape index (κ1) is 15.8. The molecule has 2 aliphatic rings. The fourth-order valence-corrected chi connectivity index (χ4v) is 3.58. The van der Waals surface area contributed by atoms with Gasteiger partial charge in [-0.2, -0.15) is 0 Å². The van der Waals surface area contributed by atoms with E-state index in [1.165, 1.54) is 5.56 Å². The Morgan fingerprint density at radius 2 is 2.21 bits per heavy atom. The Labute approximate surface area is 146 Å². The van der Waals surface area contributed by atoms with E-state index in [1.807, 2.05) is 18.3 Å². The summed E-state index contributed by atoms with van der Waals surface area (Å²) in [6.07, 6.45) is 3.83. The van der Waals surface area contributed by atoms with Crippen LogP contribution in [0.3, 0.4) is 0 Å². The van der Waals surface area contributed by atoms with Gasteiger partial charge in [0.25, 0.3) is 0 Å². The molecule has 0 atom stereocenters. The molecule has 0 amide bonds. The smallest absolute Gasteiger partial charge is 0.189 e. The molecule has 0 radical (unpaired) electrons. The van der Waals surface area contributed by atoms with Crippen LogP contribution in [0.25, 0.3) is 0 Å². The molecule has 0 saturated carbocycles. The minimum atomic E-state index is 0.303. The first-order valence-corrected chi connectivity index (χ1v) is 8.68.